The van der Waals surface area contributed by atoms with Crippen molar-refractivity contribution in [1.29, 1.82) is 0 Å². The molecule has 1 aromatic carbocycles. The highest BCUT2D eigenvalue weighted by atomic mass is 32.2. The van der Waals surface area contributed by atoms with Crippen LogP contribution in [0, 0.1) is 17.8 Å². The van der Waals surface area contributed by atoms with Gasteiger partial charge >= 0.3 is 12.3 Å². The number of hydrogen-bond donors (Lipinski definition) is 2. The van der Waals surface area contributed by atoms with Gasteiger partial charge in [-0.1, -0.05) is 19.9 Å². The molecule has 0 aromatic heterocycles. The van der Waals surface area contributed by atoms with E-state index < -0.39 is 44.3 Å². The Hall–Kier alpha value is -2.34. The van der Waals surface area contributed by atoms with Crippen molar-refractivity contribution >= 4 is 22.0 Å². The first-order chi connectivity index (χ1) is 16.9. The summed E-state index contributed by atoms with van der Waals surface area (Å²) >= 11 is 0. The zero-order valence-corrected chi connectivity index (χ0v) is 22.6. The minimum Gasteiger partial charge on any atom is -0.465 e. The second kappa shape index (κ2) is 10.4. The second-order valence-electron chi connectivity index (χ2n) is 11.4. The fourth-order valence-electron chi connectivity index (χ4n) is 5.59. The SMILES string of the molecule is CC(C)[C@@H](CC(=O)N[C@@H]1CC[C@H]2CN(S(=O)(=O)c3cccc(C(F)(F)F)c3)C[C@H]21)N(C(=O)O)C(C)(C)C. The summed E-state index contributed by atoms with van der Waals surface area (Å²) in [6.45, 7) is 9.32. The van der Waals surface area contributed by atoms with Crippen LogP contribution in [0.15, 0.2) is 29.2 Å². The van der Waals surface area contributed by atoms with Gasteiger partial charge in [0, 0.05) is 37.1 Å². The fraction of sp³-hybridized carbons (Fsp3) is 0.680. The Kier molecular flexibility index (Phi) is 8.24. The Morgan fingerprint density at radius 1 is 1.16 bits per heavy atom. The van der Waals surface area contributed by atoms with Crippen LogP contribution < -0.4 is 5.32 Å². The number of halogens is 3. The molecular formula is C25H36F3N3O5S. The third kappa shape index (κ3) is 6.39. The lowest BCUT2D eigenvalue weighted by atomic mass is 9.93. The summed E-state index contributed by atoms with van der Waals surface area (Å²) in [6, 6.07) is 2.89. The van der Waals surface area contributed by atoms with E-state index in [1.807, 2.05) is 13.8 Å². The van der Waals surface area contributed by atoms with Gasteiger partial charge in [-0.2, -0.15) is 17.5 Å². The van der Waals surface area contributed by atoms with Crippen molar-refractivity contribution in [3.63, 3.8) is 0 Å². The largest absolute Gasteiger partial charge is 0.465 e. The monoisotopic (exact) mass is 547 g/mol. The smallest absolute Gasteiger partial charge is 0.416 e. The molecule has 208 valence electrons. The van der Waals surface area contributed by atoms with Crippen LogP contribution in [0.2, 0.25) is 0 Å². The molecule has 1 heterocycles. The number of carboxylic acid groups (broad SMARTS) is 1. The van der Waals surface area contributed by atoms with Gasteiger partial charge in [0.1, 0.15) is 0 Å². The number of benzene rings is 1. The number of carbonyl (C=O) groups excluding carboxylic acids is 1. The number of nitrogens with zero attached hydrogens (tertiary/aromatic N) is 2. The molecule has 37 heavy (non-hydrogen) atoms. The molecule has 2 amide bonds. The summed E-state index contributed by atoms with van der Waals surface area (Å²) in [6.07, 6.45) is -4.44. The average Bonchev–Trinajstić information content (AvgIpc) is 3.34. The molecule has 2 fully saturated rings. The van der Waals surface area contributed by atoms with Gasteiger partial charge in [0.25, 0.3) is 0 Å². The quantitative estimate of drug-likeness (QED) is 0.526. The summed E-state index contributed by atoms with van der Waals surface area (Å²) in [4.78, 5) is 25.9. The van der Waals surface area contributed by atoms with Gasteiger partial charge in [-0.15, -0.1) is 0 Å². The van der Waals surface area contributed by atoms with Crippen molar-refractivity contribution in [2.75, 3.05) is 13.1 Å². The Morgan fingerprint density at radius 3 is 2.35 bits per heavy atom. The molecule has 1 aromatic rings. The maximum absolute atomic E-state index is 13.1. The van der Waals surface area contributed by atoms with Gasteiger partial charge in [-0.25, -0.2) is 13.2 Å². The molecule has 1 saturated carbocycles. The number of hydrogen-bond acceptors (Lipinski definition) is 4. The molecule has 0 bridgehead atoms. The van der Waals surface area contributed by atoms with E-state index in [1.165, 1.54) is 9.21 Å². The first-order valence-corrected chi connectivity index (χ1v) is 13.9. The number of fused-ring (bicyclic) bond motifs is 1. The molecule has 12 heteroatoms. The molecule has 1 aliphatic carbocycles. The Labute approximate surface area is 216 Å². The van der Waals surface area contributed by atoms with Gasteiger partial charge in [0.15, 0.2) is 0 Å². The molecule has 2 N–H and O–H groups in total. The lowest BCUT2D eigenvalue weighted by Crippen LogP contribution is -2.55. The van der Waals surface area contributed by atoms with Gasteiger partial charge in [-0.05, 0) is 69.6 Å². The van der Waals surface area contributed by atoms with E-state index in [9.17, 15) is 36.3 Å². The van der Waals surface area contributed by atoms with E-state index >= 15 is 0 Å². The predicted octanol–water partition coefficient (Wildman–Crippen LogP) is 4.41. The van der Waals surface area contributed by atoms with E-state index in [0.717, 1.165) is 18.2 Å². The third-order valence-electron chi connectivity index (χ3n) is 7.39. The number of amides is 2. The molecule has 4 atom stereocenters. The number of nitrogens with one attached hydrogen (secondary N) is 1. The van der Waals surface area contributed by atoms with Crippen molar-refractivity contribution in [2.45, 2.75) is 82.6 Å². The summed E-state index contributed by atoms with van der Waals surface area (Å²) < 4.78 is 66.8. The lowest BCUT2D eigenvalue weighted by Gasteiger charge is -2.41. The van der Waals surface area contributed by atoms with E-state index in [-0.39, 0.29) is 49.2 Å². The summed E-state index contributed by atoms with van der Waals surface area (Å²) in [5.41, 5.74) is -1.73. The minimum atomic E-state index is -4.65. The van der Waals surface area contributed by atoms with Crippen LogP contribution in [-0.2, 0) is 21.0 Å². The van der Waals surface area contributed by atoms with E-state index in [2.05, 4.69) is 5.32 Å². The van der Waals surface area contributed by atoms with Crippen molar-refractivity contribution in [3.05, 3.63) is 29.8 Å². The second-order valence-corrected chi connectivity index (χ2v) is 13.3. The molecule has 1 aliphatic heterocycles. The first kappa shape index (κ1) is 29.2. The highest BCUT2D eigenvalue weighted by Crippen LogP contribution is 2.41. The number of alkyl halides is 3. The zero-order valence-electron chi connectivity index (χ0n) is 21.7. The molecule has 2 aliphatic rings. The van der Waals surface area contributed by atoms with Crippen molar-refractivity contribution < 1.29 is 36.3 Å². The summed E-state index contributed by atoms with van der Waals surface area (Å²) in [5.74, 6) is -0.604. The molecule has 0 unspecified atom stereocenters. The minimum absolute atomic E-state index is 0.0168. The maximum atomic E-state index is 13.1. The molecule has 8 nitrogen and oxygen atoms in total. The average molecular weight is 548 g/mol. The lowest BCUT2D eigenvalue weighted by molar-refractivity contribution is -0.137. The molecule has 0 radical (unpaired) electrons. The predicted molar refractivity (Wildman–Crippen MR) is 131 cm³/mol. The zero-order chi connectivity index (χ0) is 27.9. The standard InChI is InChI=1S/C25H36F3N3O5S/c1-15(2)21(31(23(33)34)24(3,4)5)12-22(32)29-20-10-9-16-13-30(14-19(16)20)37(35,36)18-8-6-7-17(11-18)25(26,27)28/h6-8,11,15-16,19-21H,9-10,12-14H2,1-5H3,(H,29,32)(H,33,34)/t16-,19+,20+,21+/m0/s1. The van der Waals surface area contributed by atoms with Crippen LogP contribution in [0.3, 0.4) is 0 Å². The van der Waals surface area contributed by atoms with E-state index in [1.54, 1.807) is 20.8 Å². The molecular weight excluding hydrogens is 511 g/mol. The Morgan fingerprint density at radius 2 is 1.81 bits per heavy atom. The van der Waals surface area contributed by atoms with Crippen LogP contribution in [0.1, 0.15) is 59.4 Å². The van der Waals surface area contributed by atoms with Gasteiger partial charge in [0.05, 0.1) is 10.5 Å². The van der Waals surface area contributed by atoms with E-state index in [0.29, 0.717) is 18.9 Å². The van der Waals surface area contributed by atoms with Crippen LogP contribution >= 0.6 is 0 Å². The maximum Gasteiger partial charge on any atom is 0.416 e. The van der Waals surface area contributed by atoms with Gasteiger partial charge in [0.2, 0.25) is 15.9 Å². The normalized spacial score (nSPS) is 23.6. The van der Waals surface area contributed by atoms with Crippen molar-refractivity contribution in [2.24, 2.45) is 17.8 Å². The van der Waals surface area contributed by atoms with Gasteiger partial charge in [-0.3, -0.25) is 9.69 Å². The number of sulfonamides is 1. The fourth-order valence-corrected chi connectivity index (χ4v) is 7.17. The molecule has 3 rings (SSSR count). The first-order valence-electron chi connectivity index (χ1n) is 12.4. The van der Waals surface area contributed by atoms with Crippen LogP contribution in [-0.4, -0.2) is 65.4 Å². The van der Waals surface area contributed by atoms with Crippen LogP contribution in [0.25, 0.3) is 0 Å². The topological polar surface area (TPSA) is 107 Å². The Balaban J connectivity index is 1.71. The summed E-state index contributed by atoms with van der Waals surface area (Å²) in [5, 5.41) is 12.8. The van der Waals surface area contributed by atoms with Crippen LogP contribution in [0.4, 0.5) is 18.0 Å². The Bertz CT molecular complexity index is 1120. The molecule has 0 spiro atoms. The highest BCUT2D eigenvalue weighted by Gasteiger charge is 2.47. The third-order valence-corrected chi connectivity index (χ3v) is 9.22. The van der Waals surface area contributed by atoms with Crippen LogP contribution in [0.5, 0.6) is 0 Å². The van der Waals surface area contributed by atoms with E-state index in [4.69, 9.17) is 0 Å². The number of carbonyl (C=O) groups is 2. The van der Waals surface area contributed by atoms with Gasteiger partial charge < -0.3 is 10.4 Å². The summed E-state index contributed by atoms with van der Waals surface area (Å²) in [7, 11) is -4.13. The highest BCUT2D eigenvalue weighted by molar-refractivity contribution is 7.89. The number of rotatable bonds is 7. The molecule has 1 saturated heterocycles. The van der Waals surface area contributed by atoms with Crippen molar-refractivity contribution in [1.82, 2.24) is 14.5 Å². The van der Waals surface area contributed by atoms with Crippen molar-refractivity contribution in [3.8, 4) is 0 Å².